The van der Waals surface area contributed by atoms with Crippen LogP contribution in [-0.2, 0) is 14.4 Å². The van der Waals surface area contributed by atoms with E-state index >= 15 is 0 Å². The van der Waals surface area contributed by atoms with Crippen molar-refractivity contribution >= 4 is 17.8 Å². The first-order chi connectivity index (χ1) is 11.2. The molecule has 5 N–H and O–H groups in total. The van der Waals surface area contributed by atoms with E-state index in [2.05, 4.69) is 10.6 Å². The Morgan fingerprint density at radius 2 is 1.83 bits per heavy atom. The second kappa shape index (κ2) is 5.20. The summed E-state index contributed by atoms with van der Waals surface area (Å²) in [6.45, 7) is 3.34. The lowest BCUT2D eigenvalue weighted by Crippen LogP contribution is -2.59. The molecule has 2 fully saturated rings. The molecule has 4 unspecified atom stereocenters. The van der Waals surface area contributed by atoms with Crippen LogP contribution in [0, 0.1) is 17.8 Å². The number of amides is 2. The van der Waals surface area contributed by atoms with E-state index in [1.54, 1.807) is 13.8 Å². The van der Waals surface area contributed by atoms with Crippen molar-refractivity contribution in [1.82, 2.24) is 10.6 Å². The molecule has 2 heterocycles. The second-order valence-corrected chi connectivity index (χ2v) is 6.56. The summed E-state index contributed by atoms with van der Waals surface area (Å²) in [5, 5.41) is 34.1. The van der Waals surface area contributed by atoms with Crippen LogP contribution in [0.4, 0.5) is 0 Å². The van der Waals surface area contributed by atoms with E-state index in [-0.39, 0.29) is 11.5 Å². The summed E-state index contributed by atoms with van der Waals surface area (Å²) in [6.07, 6.45) is 0. The van der Waals surface area contributed by atoms with Gasteiger partial charge >= 0.3 is 5.97 Å². The van der Waals surface area contributed by atoms with Crippen LogP contribution in [0.2, 0.25) is 0 Å². The number of carbonyl (C=O) groups is 3. The Kier molecular flexibility index (Phi) is 3.52. The molecule has 0 radical (unpaired) electrons. The molecule has 1 aromatic rings. The van der Waals surface area contributed by atoms with E-state index in [1.165, 1.54) is 18.2 Å². The van der Waals surface area contributed by atoms with E-state index in [1.807, 2.05) is 0 Å². The van der Waals surface area contributed by atoms with Crippen molar-refractivity contribution in [2.75, 3.05) is 0 Å². The predicted octanol–water partition coefficient (Wildman–Crippen LogP) is 0.110. The van der Waals surface area contributed by atoms with Gasteiger partial charge in [-0.1, -0.05) is 19.9 Å². The summed E-state index contributed by atoms with van der Waals surface area (Å²) in [5.74, 6) is -5.49. The molecule has 2 aliphatic rings. The lowest BCUT2D eigenvalue weighted by molar-refractivity contribution is -0.151. The van der Waals surface area contributed by atoms with Gasteiger partial charge in [0.25, 0.3) is 0 Å². The number of rotatable bonds is 3. The van der Waals surface area contributed by atoms with Crippen molar-refractivity contribution in [1.29, 1.82) is 0 Å². The summed E-state index contributed by atoms with van der Waals surface area (Å²) in [5.41, 5.74) is -1.17. The Balaban J connectivity index is 2.15. The maximum Gasteiger partial charge on any atom is 0.325 e. The van der Waals surface area contributed by atoms with Crippen LogP contribution in [0.1, 0.15) is 25.5 Å². The maximum atomic E-state index is 12.3. The van der Waals surface area contributed by atoms with Gasteiger partial charge in [-0.2, -0.15) is 0 Å². The van der Waals surface area contributed by atoms with Crippen molar-refractivity contribution in [2.45, 2.75) is 25.4 Å². The zero-order valence-corrected chi connectivity index (χ0v) is 13.1. The van der Waals surface area contributed by atoms with Gasteiger partial charge in [0.15, 0.2) is 11.5 Å². The molecule has 8 heteroatoms. The van der Waals surface area contributed by atoms with Gasteiger partial charge in [0.2, 0.25) is 11.8 Å². The van der Waals surface area contributed by atoms with Gasteiger partial charge in [0.1, 0.15) is 5.54 Å². The van der Waals surface area contributed by atoms with Crippen LogP contribution in [0.3, 0.4) is 0 Å². The van der Waals surface area contributed by atoms with Gasteiger partial charge in [0, 0.05) is 6.04 Å². The molecule has 3 rings (SSSR count). The number of benzene rings is 1. The minimum absolute atomic E-state index is 0.325. The van der Waals surface area contributed by atoms with Crippen LogP contribution >= 0.6 is 0 Å². The van der Waals surface area contributed by atoms with E-state index in [9.17, 15) is 29.7 Å². The molecule has 0 aliphatic carbocycles. The first-order valence-corrected chi connectivity index (χ1v) is 7.57. The average Bonchev–Trinajstić information content (AvgIpc) is 3.00. The minimum atomic E-state index is -1.60. The highest BCUT2D eigenvalue weighted by Gasteiger charge is 2.67. The van der Waals surface area contributed by atoms with Crippen molar-refractivity contribution in [3.05, 3.63) is 23.8 Å². The first-order valence-electron chi connectivity index (χ1n) is 7.57. The molecule has 0 spiro atoms. The number of carboxylic acid groups (broad SMARTS) is 1. The number of phenols is 2. The number of carbonyl (C=O) groups excluding carboxylic acids is 2. The highest BCUT2D eigenvalue weighted by Crippen LogP contribution is 2.49. The highest BCUT2D eigenvalue weighted by atomic mass is 16.4. The van der Waals surface area contributed by atoms with Crippen LogP contribution < -0.4 is 10.6 Å². The number of imide groups is 1. The Morgan fingerprint density at radius 3 is 2.38 bits per heavy atom. The third kappa shape index (κ3) is 1.99. The third-order valence-electron chi connectivity index (χ3n) is 5.06. The SMILES string of the molecule is CC(C)C1(C(=O)O)NC(c2ccc(O)c(O)c2)C2C(=O)NC(=O)C21. The highest BCUT2D eigenvalue weighted by molar-refractivity contribution is 6.09. The van der Waals surface area contributed by atoms with Gasteiger partial charge in [-0.3, -0.25) is 25.0 Å². The van der Waals surface area contributed by atoms with Crippen LogP contribution in [0.15, 0.2) is 18.2 Å². The molecular formula is C16H18N2O6. The summed E-state index contributed by atoms with van der Waals surface area (Å²) in [4.78, 5) is 36.5. The van der Waals surface area contributed by atoms with Gasteiger partial charge in [0.05, 0.1) is 11.8 Å². The van der Waals surface area contributed by atoms with Crippen LogP contribution in [-0.4, -0.2) is 38.6 Å². The zero-order valence-electron chi connectivity index (χ0n) is 13.1. The molecule has 0 saturated carbocycles. The fraction of sp³-hybridized carbons (Fsp3) is 0.438. The summed E-state index contributed by atoms with van der Waals surface area (Å²) in [7, 11) is 0. The fourth-order valence-corrected chi connectivity index (χ4v) is 3.86. The van der Waals surface area contributed by atoms with Crippen LogP contribution in [0.5, 0.6) is 11.5 Å². The van der Waals surface area contributed by atoms with Gasteiger partial charge in [-0.15, -0.1) is 0 Å². The van der Waals surface area contributed by atoms with E-state index in [0.717, 1.165) is 0 Å². The van der Waals surface area contributed by atoms with E-state index < -0.39 is 47.1 Å². The molecule has 2 amide bonds. The molecule has 128 valence electrons. The molecular weight excluding hydrogens is 316 g/mol. The lowest BCUT2D eigenvalue weighted by atomic mass is 9.73. The van der Waals surface area contributed by atoms with Gasteiger partial charge in [-0.05, 0) is 23.6 Å². The molecule has 24 heavy (non-hydrogen) atoms. The molecule has 2 saturated heterocycles. The Morgan fingerprint density at radius 1 is 1.17 bits per heavy atom. The standard InChI is InChI=1S/C16H18N2O6/c1-6(2)16(15(23)24)11-10(13(21)17-14(11)22)12(18-16)7-3-4-8(19)9(20)5-7/h3-6,10-12,18-20H,1-2H3,(H,23,24)(H,17,21,22). The molecule has 8 nitrogen and oxygen atoms in total. The number of fused-ring (bicyclic) bond motifs is 1. The average molecular weight is 334 g/mol. The summed E-state index contributed by atoms with van der Waals surface area (Å²) < 4.78 is 0. The number of aromatic hydroxyl groups is 2. The number of hydrogen-bond donors (Lipinski definition) is 5. The Bertz CT molecular complexity index is 746. The largest absolute Gasteiger partial charge is 0.504 e. The van der Waals surface area contributed by atoms with Crippen molar-refractivity contribution < 1.29 is 29.7 Å². The summed E-state index contributed by atoms with van der Waals surface area (Å²) >= 11 is 0. The maximum absolute atomic E-state index is 12.3. The van der Waals surface area contributed by atoms with E-state index in [0.29, 0.717) is 5.56 Å². The number of aliphatic carboxylic acids is 1. The van der Waals surface area contributed by atoms with Crippen molar-refractivity contribution in [3.63, 3.8) is 0 Å². The van der Waals surface area contributed by atoms with Gasteiger partial charge < -0.3 is 15.3 Å². The number of nitrogens with one attached hydrogen (secondary N) is 2. The Hall–Kier alpha value is -2.61. The minimum Gasteiger partial charge on any atom is -0.504 e. The zero-order chi connectivity index (χ0) is 17.8. The molecule has 4 atom stereocenters. The monoisotopic (exact) mass is 334 g/mol. The molecule has 1 aromatic carbocycles. The molecule has 0 bridgehead atoms. The summed E-state index contributed by atoms with van der Waals surface area (Å²) in [6, 6.07) is 3.23. The number of phenolic OH excluding ortho intramolecular Hbond substituents is 2. The quantitative estimate of drug-likeness (QED) is 0.391. The van der Waals surface area contributed by atoms with E-state index in [4.69, 9.17) is 0 Å². The molecule has 2 aliphatic heterocycles. The van der Waals surface area contributed by atoms with Gasteiger partial charge in [-0.25, -0.2) is 0 Å². The second-order valence-electron chi connectivity index (χ2n) is 6.56. The topological polar surface area (TPSA) is 136 Å². The smallest absolute Gasteiger partial charge is 0.325 e. The third-order valence-corrected chi connectivity index (χ3v) is 5.06. The Labute approximate surface area is 137 Å². The normalized spacial score (nSPS) is 32.0. The van der Waals surface area contributed by atoms with Crippen LogP contribution in [0.25, 0.3) is 0 Å². The predicted molar refractivity (Wildman–Crippen MR) is 81.0 cm³/mol. The number of hydrogen-bond acceptors (Lipinski definition) is 6. The lowest BCUT2D eigenvalue weighted by Gasteiger charge is -2.33. The fourth-order valence-electron chi connectivity index (χ4n) is 3.86. The van der Waals surface area contributed by atoms with Crippen molar-refractivity contribution in [2.24, 2.45) is 17.8 Å². The number of carboxylic acids is 1. The van der Waals surface area contributed by atoms with Crippen molar-refractivity contribution in [3.8, 4) is 11.5 Å². The molecule has 0 aromatic heterocycles. The first kappa shape index (κ1) is 16.3.